The highest BCUT2D eigenvalue weighted by molar-refractivity contribution is 6.08. The molecule has 0 unspecified atom stereocenters. The van der Waals surface area contributed by atoms with Gasteiger partial charge in [0.05, 0.1) is 21.3 Å². The van der Waals surface area contributed by atoms with E-state index in [2.05, 4.69) is 5.32 Å². The molecule has 5 nitrogen and oxygen atoms in total. The van der Waals surface area contributed by atoms with Gasteiger partial charge in [0, 0.05) is 17.8 Å². The van der Waals surface area contributed by atoms with Gasteiger partial charge in [-0.05, 0) is 24.3 Å². The zero-order valence-electron chi connectivity index (χ0n) is 12.5. The number of methoxy groups -OCH3 is 3. The molecule has 0 aliphatic rings. The third-order valence-electron chi connectivity index (χ3n) is 3.04. The number of halogens is 1. The van der Waals surface area contributed by atoms with E-state index in [-0.39, 0.29) is 11.4 Å². The average molecular weight is 305 g/mol. The average Bonchev–Trinajstić information content (AvgIpc) is 2.55. The van der Waals surface area contributed by atoms with Crippen LogP contribution in [0.25, 0.3) is 0 Å². The number of hydrogen-bond acceptors (Lipinski definition) is 4. The summed E-state index contributed by atoms with van der Waals surface area (Å²) in [5.41, 5.74) is 0.696. The van der Waals surface area contributed by atoms with Gasteiger partial charge < -0.3 is 19.5 Å². The Morgan fingerprint density at radius 3 is 1.95 bits per heavy atom. The predicted octanol–water partition coefficient (Wildman–Crippen LogP) is 3.10. The zero-order chi connectivity index (χ0) is 16.1. The highest BCUT2D eigenvalue weighted by Gasteiger charge is 2.20. The first-order valence-corrected chi connectivity index (χ1v) is 6.46. The molecule has 0 saturated heterocycles. The molecule has 0 radical (unpaired) electrons. The summed E-state index contributed by atoms with van der Waals surface area (Å²) < 4.78 is 28.5. The fourth-order valence-electron chi connectivity index (χ4n) is 1.96. The van der Waals surface area contributed by atoms with Gasteiger partial charge in [0.1, 0.15) is 28.6 Å². The molecule has 0 saturated carbocycles. The molecule has 2 aromatic rings. The minimum atomic E-state index is -0.428. The third-order valence-corrected chi connectivity index (χ3v) is 3.04. The second-order valence-corrected chi connectivity index (χ2v) is 4.37. The van der Waals surface area contributed by atoms with E-state index >= 15 is 0 Å². The number of carbonyl (C=O) groups excluding carboxylic acids is 1. The van der Waals surface area contributed by atoms with Crippen molar-refractivity contribution in [2.24, 2.45) is 0 Å². The van der Waals surface area contributed by atoms with Crippen LogP contribution in [0, 0.1) is 5.82 Å². The minimum Gasteiger partial charge on any atom is -0.496 e. The van der Waals surface area contributed by atoms with E-state index in [4.69, 9.17) is 14.2 Å². The number of carbonyl (C=O) groups is 1. The highest BCUT2D eigenvalue weighted by Crippen LogP contribution is 2.34. The fraction of sp³-hybridized carbons (Fsp3) is 0.188. The monoisotopic (exact) mass is 305 g/mol. The molecular weight excluding hydrogens is 289 g/mol. The number of nitrogens with one attached hydrogen (secondary N) is 1. The normalized spacial score (nSPS) is 10.0. The molecule has 0 spiro atoms. The van der Waals surface area contributed by atoms with Crippen molar-refractivity contribution in [2.75, 3.05) is 26.6 Å². The van der Waals surface area contributed by atoms with Crippen LogP contribution in [0.5, 0.6) is 17.2 Å². The molecule has 2 rings (SSSR count). The van der Waals surface area contributed by atoms with Crippen molar-refractivity contribution in [3.05, 3.63) is 47.8 Å². The van der Waals surface area contributed by atoms with Crippen LogP contribution in [0.4, 0.5) is 10.1 Å². The van der Waals surface area contributed by atoms with Crippen molar-refractivity contribution in [2.45, 2.75) is 0 Å². The van der Waals surface area contributed by atoms with Crippen LogP contribution >= 0.6 is 0 Å². The summed E-state index contributed by atoms with van der Waals surface area (Å²) in [5, 5.41) is 2.67. The molecule has 1 N–H and O–H groups in total. The van der Waals surface area contributed by atoms with Gasteiger partial charge >= 0.3 is 0 Å². The number of hydrogen-bond donors (Lipinski definition) is 1. The van der Waals surface area contributed by atoms with Crippen LogP contribution in [0.1, 0.15) is 10.4 Å². The van der Waals surface area contributed by atoms with Gasteiger partial charge in [-0.1, -0.05) is 0 Å². The minimum absolute atomic E-state index is 0.232. The number of ether oxygens (including phenoxy) is 3. The first kappa shape index (κ1) is 15.6. The van der Waals surface area contributed by atoms with E-state index in [1.165, 1.54) is 45.6 Å². The molecule has 0 aliphatic carbocycles. The first-order valence-electron chi connectivity index (χ1n) is 6.46. The Kier molecular flexibility index (Phi) is 4.83. The molecule has 0 atom stereocenters. The maximum Gasteiger partial charge on any atom is 0.263 e. The van der Waals surface area contributed by atoms with Crippen LogP contribution in [-0.4, -0.2) is 27.2 Å². The Balaban J connectivity index is 2.37. The Bertz CT molecular complexity index is 645. The maximum absolute atomic E-state index is 12.9. The van der Waals surface area contributed by atoms with Crippen LogP contribution < -0.4 is 19.5 Å². The second kappa shape index (κ2) is 6.80. The smallest absolute Gasteiger partial charge is 0.263 e. The summed E-state index contributed by atoms with van der Waals surface area (Å²) in [6.07, 6.45) is 0. The van der Waals surface area contributed by atoms with E-state index in [0.717, 1.165) is 0 Å². The van der Waals surface area contributed by atoms with E-state index in [1.54, 1.807) is 12.1 Å². The van der Waals surface area contributed by atoms with Crippen molar-refractivity contribution >= 4 is 11.6 Å². The molecule has 2 aromatic carbocycles. The number of amides is 1. The Morgan fingerprint density at radius 2 is 1.50 bits per heavy atom. The van der Waals surface area contributed by atoms with Gasteiger partial charge in [-0.2, -0.15) is 0 Å². The van der Waals surface area contributed by atoms with Crippen molar-refractivity contribution in [3.63, 3.8) is 0 Å². The molecule has 0 fully saturated rings. The summed E-state index contributed by atoms with van der Waals surface area (Å²) in [6, 6.07) is 8.63. The molecule has 0 aliphatic heterocycles. The van der Waals surface area contributed by atoms with Crippen molar-refractivity contribution in [1.82, 2.24) is 0 Å². The van der Waals surface area contributed by atoms with Crippen molar-refractivity contribution in [3.8, 4) is 17.2 Å². The molecule has 0 aromatic heterocycles. The van der Waals surface area contributed by atoms with Gasteiger partial charge in [0.2, 0.25) is 0 Å². The molecule has 0 heterocycles. The maximum atomic E-state index is 12.9. The summed E-state index contributed by atoms with van der Waals surface area (Å²) >= 11 is 0. The molecule has 22 heavy (non-hydrogen) atoms. The van der Waals surface area contributed by atoms with Crippen LogP contribution in [0.2, 0.25) is 0 Å². The third kappa shape index (κ3) is 3.28. The summed E-state index contributed by atoms with van der Waals surface area (Å²) in [6.45, 7) is 0. The van der Waals surface area contributed by atoms with Crippen LogP contribution in [-0.2, 0) is 0 Å². The van der Waals surface area contributed by atoms with Gasteiger partial charge in [-0.15, -0.1) is 0 Å². The number of rotatable bonds is 5. The lowest BCUT2D eigenvalue weighted by Crippen LogP contribution is -2.14. The van der Waals surface area contributed by atoms with Gasteiger partial charge in [0.15, 0.2) is 0 Å². The first-order chi connectivity index (χ1) is 10.6. The molecular formula is C16H16FNO4. The topological polar surface area (TPSA) is 56.8 Å². The summed E-state index contributed by atoms with van der Waals surface area (Å²) in [4.78, 5) is 12.5. The fourth-order valence-corrected chi connectivity index (χ4v) is 1.96. The van der Waals surface area contributed by atoms with Gasteiger partial charge in [-0.3, -0.25) is 4.79 Å². The molecule has 0 bridgehead atoms. The lowest BCUT2D eigenvalue weighted by atomic mass is 10.1. The van der Waals surface area contributed by atoms with E-state index in [0.29, 0.717) is 22.9 Å². The Morgan fingerprint density at radius 1 is 0.955 bits per heavy atom. The van der Waals surface area contributed by atoms with Crippen molar-refractivity contribution in [1.29, 1.82) is 0 Å². The van der Waals surface area contributed by atoms with E-state index < -0.39 is 5.91 Å². The van der Waals surface area contributed by atoms with Crippen LogP contribution in [0.15, 0.2) is 36.4 Å². The lowest BCUT2D eigenvalue weighted by molar-refractivity contribution is 0.102. The zero-order valence-corrected chi connectivity index (χ0v) is 12.5. The lowest BCUT2D eigenvalue weighted by Gasteiger charge is -2.14. The molecule has 1 amide bonds. The van der Waals surface area contributed by atoms with Gasteiger partial charge in [-0.25, -0.2) is 4.39 Å². The summed E-state index contributed by atoms with van der Waals surface area (Å²) in [7, 11) is 4.40. The quantitative estimate of drug-likeness (QED) is 0.922. The Labute approximate surface area is 127 Å². The van der Waals surface area contributed by atoms with Crippen molar-refractivity contribution < 1.29 is 23.4 Å². The Hall–Kier alpha value is -2.76. The molecule has 116 valence electrons. The standard InChI is InChI=1S/C16H16FNO4/c1-20-12-8-13(21-2)15(14(9-12)22-3)16(19)18-11-6-4-10(17)5-7-11/h4-9H,1-3H3,(H,18,19). The number of benzene rings is 2. The molecule has 6 heteroatoms. The SMILES string of the molecule is COc1cc(OC)c(C(=O)Nc2ccc(F)cc2)c(OC)c1. The van der Waals surface area contributed by atoms with E-state index in [9.17, 15) is 9.18 Å². The summed E-state index contributed by atoms with van der Waals surface area (Å²) in [5.74, 6) is 0.333. The van der Waals surface area contributed by atoms with Crippen LogP contribution in [0.3, 0.4) is 0 Å². The van der Waals surface area contributed by atoms with Gasteiger partial charge in [0.25, 0.3) is 5.91 Å². The second-order valence-electron chi connectivity index (χ2n) is 4.37. The largest absolute Gasteiger partial charge is 0.496 e. The predicted molar refractivity (Wildman–Crippen MR) is 80.5 cm³/mol. The van der Waals surface area contributed by atoms with E-state index in [1.807, 2.05) is 0 Å². The number of anilines is 1. The highest BCUT2D eigenvalue weighted by atomic mass is 19.1.